The van der Waals surface area contributed by atoms with Crippen molar-refractivity contribution in [2.75, 3.05) is 5.32 Å². The van der Waals surface area contributed by atoms with E-state index in [2.05, 4.69) is 10.1 Å². The Morgan fingerprint density at radius 1 is 1.21 bits per heavy atom. The van der Waals surface area contributed by atoms with E-state index >= 15 is 0 Å². The zero-order valence-corrected chi connectivity index (χ0v) is 10.8. The summed E-state index contributed by atoms with van der Waals surface area (Å²) < 4.78 is 9.56. The molecule has 0 spiro atoms. The SMILES string of the molecule is CC(C)(C)OC(=O)Nc1cccc2c1C(=O)OC2=O. The van der Waals surface area contributed by atoms with E-state index in [0.29, 0.717) is 0 Å². The van der Waals surface area contributed by atoms with E-state index in [9.17, 15) is 14.4 Å². The largest absolute Gasteiger partial charge is 0.444 e. The van der Waals surface area contributed by atoms with Gasteiger partial charge in [0.05, 0.1) is 16.8 Å². The maximum Gasteiger partial charge on any atom is 0.412 e. The van der Waals surface area contributed by atoms with Gasteiger partial charge in [-0.25, -0.2) is 14.4 Å². The zero-order chi connectivity index (χ0) is 14.2. The van der Waals surface area contributed by atoms with Gasteiger partial charge in [0.25, 0.3) is 0 Å². The third-order valence-corrected chi connectivity index (χ3v) is 2.31. The molecule has 19 heavy (non-hydrogen) atoms. The Morgan fingerprint density at radius 3 is 2.53 bits per heavy atom. The molecular formula is C13H13NO5. The summed E-state index contributed by atoms with van der Waals surface area (Å²) in [5.74, 6) is -1.49. The minimum atomic E-state index is -0.772. The van der Waals surface area contributed by atoms with Crippen molar-refractivity contribution in [3.8, 4) is 0 Å². The third kappa shape index (κ3) is 2.73. The van der Waals surface area contributed by atoms with Crippen LogP contribution in [0.1, 0.15) is 41.5 Å². The Bertz CT molecular complexity index is 571. The Morgan fingerprint density at radius 2 is 1.89 bits per heavy atom. The summed E-state index contributed by atoms with van der Waals surface area (Å²) in [6.07, 6.45) is -0.701. The van der Waals surface area contributed by atoms with Crippen molar-refractivity contribution in [2.24, 2.45) is 0 Å². The number of carbonyl (C=O) groups excluding carboxylic acids is 3. The lowest BCUT2D eigenvalue weighted by Crippen LogP contribution is -2.27. The molecule has 0 unspecified atom stereocenters. The molecule has 0 fully saturated rings. The fraction of sp³-hybridized carbons (Fsp3) is 0.308. The highest BCUT2D eigenvalue weighted by atomic mass is 16.6. The van der Waals surface area contributed by atoms with Crippen LogP contribution in [0.4, 0.5) is 10.5 Å². The number of fused-ring (bicyclic) bond motifs is 1. The van der Waals surface area contributed by atoms with Crippen molar-refractivity contribution in [1.82, 2.24) is 0 Å². The normalized spacial score (nSPS) is 13.8. The van der Waals surface area contributed by atoms with E-state index in [0.717, 1.165) is 0 Å². The van der Waals surface area contributed by atoms with Crippen molar-refractivity contribution in [2.45, 2.75) is 26.4 Å². The molecule has 0 saturated heterocycles. The average Bonchev–Trinajstić information content (AvgIpc) is 2.53. The van der Waals surface area contributed by atoms with Gasteiger partial charge in [0.2, 0.25) is 0 Å². The summed E-state index contributed by atoms with van der Waals surface area (Å²) in [5.41, 5.74) is -0.266. The lowest BCUT2D eigenvalue weighted by atomic mass is 10.1. The summed E-state index contributed by atoms with van der Waals surface area (Å²) in [6.45, 7) is 5.17. The standard InChI is InChI=1S/C13H13NO5/c1-13(2,3)19-12(17)14-8-6-4-5-7-9(8)11(16)18-10(7)15/h4-6H,1-3H3,(H,14,17). The van der Waals surface area contributed by atoms with Gasteiger partial charge in [0.15, 0.2) is 0 Å². The highest BCUT2D eigenvalue weighted by molar-refractivity contribution is 6.18. The first-order valence-electron chi connectivity index (χ1n) is 5.67. The first-order valence-corrected chi connectivity index (χ1v) is 5.67. The van der Waals surface area contributed by atoms with Gasteiger partial charge < -0.3 is 9.47 Å². The maximum atomic E-state index is 11.6. The van der Waals surface area contributed by atoms with Gasteiger partial charge in [-0.3, -0.25) is 5.32 Å². The molecule has 1 aliphatic heterocycles. The second-order valence-electron chi connectivity index (χ2n) is 5.03. The van der Waals surface area contributed by atoms with Crippen molar-refractivity contribution >= 4 is 23.7 Å². The van der Waals surface area contributed by atoms with Crippen LogP contribution in [0.5, 0.6) is 0 Å². The number of amides is 1. The number of carbonyl (C=O) groups is 3. The summed E-state index contributed by atoms with van der Waals surface area (Å²) in [6, 6.07) is 4.51. The van der Waals surface area contributed by atoms with E-state index < -0.39 is 23.6 Å². The summed E-state index contributed by atoms with van der Waals surface area (Å²) in [7, 11) is 0. The summed E-state index contributed by atoms with van der Waals surface area (Å²) in [5, 5.41) is 2.44. The molecule has 1 aromatic rings. The lowest BCUT2D eigenvalue weighted by molar-refractivity contribution is 0.0444. The molecule has 1 aliphatic rings. The molecule has 100 valence electrons. The monoisotopic (exact) mass is 263 g/mol. The molecule has 1 aromatic carbocycles. The van der Waals surface area contributed by atoms with Crippen LogP contribution in [-0.4, -0.2) is 23.6 Å². The number of hydrogen-bond acceptors (Lipinski definition) is 5. The minimum Gasteiger partial charge on any atom is -0.444 e. The maximum absolute atomic E-state index is 11.6. The molecule has 1 heterocycles. The molecule has 0 aliphatic carbocycles. The Hall–Kier alpha value is -2.37. The number of nitrogens with one attached hydrogen (secondary N) is 1. The van der Waals surface area contributed by atoms with E-state index in [4.69, 9.17) is 4.74 Å². The fourth-order valence-electron chi connectivity index (χ4n) is 1.65. The molecule has 6 heteroatoms. The van der Waals surface area contributed by atoms with Crippen LogP contribution in [0.15, 0.2) is 18.2 Å². The van der Waals surface area contributed by atoms with Gasteiger partial charge in [-0.2, -0.15) is 0 Å². The van der Waals surface area contributed by atoms with Gasteiger partial charge in [-0.05, 0) is 32.9 Å². The van der Waals surface area contributed by atoms with Crippen LogP contribution in [-0.2, 0) is 9.47 Å². The summed E-state index contributed by atoms with van der Waals surface area (Å²) in [4.78, 5) is 34.5. The second kappa shape index (κ2) is 4.38. The van der Waals surface area contributed by atoms with Crippen molar-refractivity contribution in [3.63, 3.8) is 0 Å². The molecule has 6 nitrogen and oxygen atoms in total. The number of anilines is 1. The highest BCUT2D eigenvalue weighted by Gasteiger charge is 2.32. The topological polar surface area (TPSA) is 81.7 Å². The number of rotatable bonds is 1. The van der Waals surface area contributed by atoms with Crippen molar-refractivity contribution < 1.29 is 23.9 Å². The number of ether oxygens (including phenoxy) is 2. The van der Waals surface area contributed by atoms with Crippen molar-refractivity contribution in [1.29, 1.82) is 0 Å². The average molecular weight is 263 g/mol. The minimum absolute atomic E-state index is 0.0540. The quantitative estimate of drug-likeness (QED) is 0.621. The van der Waals surface area contributed by atoms with Gasteiger partial charge in [0, 0.05) is 0 Å². The van der Waals surface area contributed by atoms with E-state index in [1.54, 1.807) is 26.8 Å². The first-order chi connectivity index (χ1) is 8.78. The van der Waals surface area contributed by atoms with Crippen LogP contribution in [0.25, 0.3) is 0 Å². The van der Waals surface area contributed by atoms with Crippen LogP contribution < -0.4 is 5.32 Å². The lowest BCUT2D eigenvalue weighted by Gasteiger charge is -2.20. The highest BCUT2D eigenvalue weighted by Crippen LogP contribution is 2.27. The second-order valence-corrected chi connectivity index (χ2v) is 5.03. The Labute approximate surface area is 109 Å². The molecule has 1 N–H and O–H groups in total. The molecule has 0 bridgehead atoms. The molecule has 2 rings (SSSR count). The molecule has 0 radical (unpaired) electrons. The number of cyclic esters (lactones) is 2. The zero-order valence-electron chi connectivity index (χ0n) is 10.8. The first kappa shape index (κ1) is 13.1. The fourth-order valence-corrected chi connectivity index (χ4v) is 1.65. The predicted molar refractivity (Wildman–Crippen MR) is 66.0 cm³/mol. The molecule has 0 saturated carbocycles. The van der Waals surface area contributed by atoms with Gasteiger partial charge in [-0.15, -0.1) is 0 Å². The summed E-state index contributed by atoms with van der Waals surface area (Å²) >= 11 is 0. The number of benzene rings is 1. The van der Waals surface area contributed by atoms with Crippen LogP contribution >= 0.6 is 0 Å². The third-order valence-electron chi connectivity index (χ3n) is 2.31. The van der Waals surface area contributed by atoms with Crippen LogP contribution in [0.2, 0.25) is 0 Å². The number of hydrogen-bond donors (Lipinski definition) is 1. The predicted octanol–water partition coefficient (Wildman–Crippen LogP) is 2.34. The van der Waals surface area contributed by atoms with E-state index in [1.807, 2.05) is 0 Å². The van der Waals surface area contributed by atoms with E-state index in [1.165, 1.54) is 12.1 Å². The van der Waals surface area contributed by atoms with Crippen molar-refractivity contribution in [3.05, 3.63) is 29.3 Å². The number of esters is 2. The van der Waals surface area contributed by atoms with Crippen LogP contribution in [0.3, 0.4) is 0 Å². The van der Waals surface area contributed by atoms with E-state index in [-0.39, 0.29) is 16.8 Å². The Balaban J connectivity index is 2.26. The Kier molecular flexibility index (Phi) is 3.01. The van der Waals surface area contributed by atoms with Gasteiger partial charge >= 0.3 is 18.0 Å². The molecular weight excluding hydrogens is 250 g/mol. The van der Waals surface area contributed by atoms with Crippen LogP contribution in [0, 0.1) is 0 Å². The van der Waals surface area contributed by atoms with Gasteiger partial charge in [-0.1, -0.05) is 6.07 Å². The smallest absolute Gasteiger partial charge is 0.412 e. The molecule has 0 atom stereocenters. The molecule has 1 amide bonds. The van der Waals surface area contributed by atoms with Gasteiger partial charge in [0.1, 0.15) is 5.60 Å². The molecule has 0 aromatic heterocycles.